The number of sulfonamides is 1. The minimum Gasteiger partial charge on any atom is -0.497 e. The van der Waals surface area contributed by atoms with Crippen molar-refractivity contribution in [3.63, 3.8) is 0 Å². The van der Waals surface area contributed by atoms with Gasteiger partial charge in [0.2, 0.25) is 15.9 Å². The van der Waals surface area contributed by atoms with E-state index in [4.69, 9.17) is 21.1 Å². The van der Waals surface area contributed by atoms with Gasteiger partial charge in [0.25, 0.3) is 5.56 Å². The molecule has 0 radical (unpaired) electrons. The summed E-state index contributed by atoms with van der Waals surface area (Å²) in [7, 11) is -0.951. The van der Waals surface area contributed by atoms with Crippen molar-refractivity contribution < 1.29 is 36.6 Å². The largest absolute Gasteiger partial charge is 0.497 e. The molecule has 0 saturated carbocycles. The van der Waals surface area contributed by atoms with Crippen LogP contribution in [0.2, 0.25) is 5.02 Å². The van der Waals surface area contributed by atoms with E-state index in [1.807, 2.05) is 6.07 Å². The third-order valence-electron chi connectivity index (χ3n) is 8.35. The van der Waals surface area contributed by atoms with E-state index in [2.05, 4.69) is 20.1 Å². The Kier molecular flexibility index (Phi) is 11.1. The predicted octanol–water partition coefficient (Wildman–Crippen LogP) is 6.17. The first-order valence-corrected chi connectivity index (χ1v) is 18.4. The molecular formula is C37H33ClF2N6O7S. The topological polar surface area (TPSA) is 167 Å². The van der Waals surface area contributed by atoms with Crippen LogP contribution in [0, 0.1) is 11.6 Å². The maximum atomic E-state index is 14.3. The second kappa shape index (κ2) is 15.9. The molecule has 3 N–H and O–H groups in total. The third kappa shape index (κ3) is 8.78. The van der Waals surface area contributed by atoms with Gasteiger partial charge in [-0.25, -0.2) is 22.0 Å². The van der Waals surface area contributed by atoms with E-state index in [1.54, 1.807) is 48.5 Å². The summed E-state index contributed by atoms with van der Waals surface area (Å²) in [5.74, 6) is -1.92. The Balaban J connectivity index is 1.45. The van der Waals surface area contributed by atoms with E-state index in [9.17, 15) is 31.9 Å². The van der Waals surface area contributed by atoms with Crippen molar-refractivity contribution in [2.75, 3.05) is 17.6 Å². The minimum atomic E-state index is -3.99. The second-order valence-electron chi connectivity index (χ2n) is 12.2. The lowest BCUT2D eigenvalue weighted by Crippen LogP contribution is -2.35. The zero-order chi connectivity index (χ0) is 38.6. The van der Waals surface area contributed by atoms with Crippen molar-refractivity contribution in [2.45, 2.75) is 25.5 Å². The van der Waals surface area contributed by atoms with Gasteiger partial charge < -0.3 is 19.9 Å². The second-order valence-corrected chi connectivity index (χ2v) is 14.4. The number of ether oxygens (including phenoxy) is 2. The number of nitrogens with one attached hydrogen (secondary N) is 2. The summed E-state index contributed by atoms with van der Waals surface area (Å²) >= 11 is 6.65. The summed E-state index contributed by atoms with van der Waals surface area (Å²) in [6, 6.07) is 21.3. The number of nitrogens with zero attached hydrogens (tertiary/aromatic N) is 4. The Bertz CT molecular complexity index is 2480. The first-order chi connectivity index (χ1) is 25.8. The van der Waals surface area contributed by atoms with E-state index >= 15 is 0 Å². The normalized spacial score (nSPS) is 12.0. The van der Waals surface area contributed by atoms with Crippen LogP contribution in [0.25, 0.3) is 16.6 Å². The molecular weight excluding hydrogens is 746 g/mol. The molecule has 0 aliphatic carbocycles. The van der Waals surface area contributed by atoms with Crippen LogP contribution in [0.1, 0.15) is 28.6 Å². The summed E-state index contributed by atoms with van der Waals surface area (Å²) in [6.07, 6.45) is -1.67. The number of carboxylic acid groups (broad SMARTS) is 1. The highest BCUT2D eigenvalue weighted by molar-refractivity contribution is 7.92. The molecule has 4 aromatic carbocycles. The van der Waals surface area contributed by atoms with Crippen LogP contribution in [-0.4, -0.2) is 51.8 Å². The number of methoxy groups -OCH3 is 1. The fraction of sp³-hybridized carbons (Fsp3) is 0.189. The molecule has 0 aliphatic rings. The molecule has 1 atom stereocenters. The van der Waals surface area contributed by atoms with Gasteiger partial charge in [-0.1, -0.05) is 54.1 Å². The average molecular weight is 779 g/mol. The van der Waals surface area contributed by atoms with Crippen LogP contribution in [0.3, 0.4) is 0 Å². The summed E-state index contributed by atoms with van der Waals surface area (Å²) in [5.41, 5.74) is 1.14. The quantitative estimate of drug-likeness (QED) is 0.117. The van der Waals surface area contributed by atoms with Crippen molar-refractivity contribution >= 4 is 44.4 Å². The summed E-state index contributed by atoms with van der Waals surface area (Å²) in [4.78, 5) is 30.8. The molecule has 0 spiro atoms. The monoisotopic (exact) mass is 778 g/mol. The van der Waals surface area contributed by atoms with Gasteiger partial charge in [0, 0.05) is 19.5 Å². The highest BCUT2D eigenvalue weighted by atomic mass is 35.5. The Morgan fingerprint density at radius 2 is 1.67 bits per heavy atom. The summed E-state index contributed by atoms with van der Waals surface area (Å²) in [5, 5.41) is 16.8. The number of hydrogen-bond donors (Lipinski definition) is 3. The lowest BCUT2D eigenvalue weighted by atomic mass is 10.0. The Morgan fingerprint density at radius 3 is 2.33 bits per heavy atom. The van der Waals surface area contributed by atoms with Crippen LogP contribution < -0.4 is 25.1 Å². The number of fused-ring (bicyclic) bond motifs is 1. The molecule has 17 heteroatoms. The van der Waals surface area contributed by atoms with Crippen molar-refractivity contribution in [2.24, 2.45) is 7.05 Å². The highest BCUT2D eigenvalue weighted by Crippen LogP contribution is 2.35. The van der Waals surface area contributed by atoms with Gasteiger partial charge in [-0.15, -0.1) is 0 Å². The van der Waals surface area contributed by atoms with Crippen LogP contribution in [0.4, 0.5) is 19.4 Å². The minimum absolute atomic E-state index is 0.0117. The molecule has 2 heterocycles. The van der Waals surface area contributed by atoms with E-state index < -0.39 is 39.4 Å². The molecule has 1 unspecified atom stereocenters. The standard InChI is InChI=1S/C37H33ClF2N6O7S/c1-45-34-30(13-12-28(38)33(34)35(43-45)44-54(50,51)15-14-22-8-10-27(52-2)11-9-22)46-32(47)20-31(53-21-23-6-4-3-5-7-23)42-36(46)29(41-37(48)49)18-24-16-25(39)19-26(40)17-24/h3-13,16-17,19-20,29,41H,14-15,18,21H2,1-2H3,(H,43,44)(H,48,49). The number of aryl methyl sites for hydroxylation is 2. The number of benzene rings is 4. The van der Waals surface area contributed by atoms with Gasteiger partial charge in [0.05, 0.1) is 46.6 Å². The van der Waals surface area contributed by atoms with Crippen LogP contribution in [0.5, 0.6) is 11.6 Å². The third-order valence-corrected chi connectivity index (χ3v) is 9.91. The van der Waals surface area contributed by atoms with E-state index in [0.717, 1.165) is 33.9 Å². The van der Waals surface area contributed by atoms with E-state index in [0.29, 0.717) is 11.8 Å². The molecule has 13 nitrogen and oxygen atoms in total. The van der Waals surface area contributed by atoms with Gasteiger partial charge in [0.15, 0.2) is 5.82 Å². The Hall–Kier alpha value is -6.00. The summed E-state index contributed by atoms with van der Waals surface area (Å²) in [6.45, 7) is 0.0117. The zero-order valence-electron chi connectivity index (χ0n) is 28.8. The lowest BCUT2D eigenvalue weighted by molar-refractivity contribution is 0.188. The van der Waals surface area contributed by atoms with E-state index in [1.165, 1.54) is 31.0 Å². The van der Waals surface area contributed by atoms with E-state index in [-0.39, 0.29) is 69.9 Å². The first-order valence-electron chi connectivity index (χ1n) is 16.3. The van der Waals surface area contributed by atoms with Crippen molar-refractivity contribution in [1.29, 1.82) is 0 Å². The molecule has 0 saturated heterocycles. The maximum Gasteiger partial charge on any atom is 0.405 e. The number of halogens is 3. The number of aromatic nitrogens is 4. The number of hydrogen-bond acceptors (Lipinski definition) is 8. The van der Waals surface area contributed by atoms with Crippen LogP contribution >= 0.6 is 11.6 Å². The van der Waals surface area contributed by atoms with Crippen molar-refractivity contribution in [1.82, 2.24) is 24.6 Å². The zero-order valence-corrected chi connectivity index (χ0v) is 30.4. The Morgan fingerprint density at radius 1 is 0.963 bits per heavy atom. The molecule has 0 bridgehead atoms. The van der Waals surface area contributed by atoms with Gasteiger partial charge in [0.1, 0.15) is 29.8 Å². The van der Waals surface area contributed by atoms with Gasteiger partial charge >= 0.3 is 6.09 Å². The maximum absolute atomic E-state index is 14.3. The van der Waals surface area contributed by atoms with Crippen molar-refractivity contribution in [3.8, 4) is 17.3 Å². The van der Waals surface area contributed by atoms with Crippen molar-refractivity contribution in [3.05, 3.63) is 141 Å². The highest BCUT2D eigenvalue weighted by Gasteiger charge is 2.27. The fourth-order valence-corrected chi connectivity index (χ4v) is 7.22. The van der Waals surface area contributed by atoms with Crippen LogP contribution in [-0.2, 0) is 36.5 Å². The number of amides is 1. The lowest BCUT2D eigenvalue weighted by Gasteiger charge is -2.22. The first kappa shape index (κ1) is 37.7. The molecule has 0 aliphatic heterocycles. The fourth-order valence-electron chi connectivity index (χ4n) is 5.93. The summed E-state index contributed by atoms with van der Waals surface area (Å²) < 4.78 is 71.1. The predicted molar refractivity (Wildman–Crippen MR) is 198 cm³/mol. The Labute approximate surface area is 312 Å². The van der Waals surface area contributed by atoms with Gasteiger partial charge in [-0.2, -0.15) is 10.1 Å². The molecule has 6 aromatic rings. The molecule has 0 fully saturated rings. The van der Waals surface area contributed by atoms with Crippen LogP contribution in [0.15, 0.2) is 95.8 Å². The molecule has 1 amide bonds. The average Bonchev–Trinajstić information content (AvgIpc) is 3.45. The van der Waals surface area contributed by atoms with Gasteiger partial charge in [-0.3, -0.25) is 18.8 Å². The number of rotatable bonds is 14. The van der Waals surface area contributed by atoms with Gasteiger partial charge in [-0.05, 0) is 59.5 Å². The smallest absolute Gasteiger partial charge is 0.405 e. The number of carbonyl (C=O) groups is 1. The molecule has 280 valence electrons. The molecule has 54 heavy (non-hydrogen) atoms. The SMILES string of the molecule is COc1ccc(CCS(=O)(=O)Nc2nn(C)c3c(-n4c(C(Cc5cc(F)cc(F)c5)NC(=O)O)nc(OCc5ccccc5)cc4=O)ccc(Cl)c23)cc1. The molecule has 6 rings (SSSR count). The molecule has 2 aromatic heterocycles. The number of anilines is 1.